The van der Waals surface area contributed by atoms with Crippen LogP contribution in [0.5, 0.6) is 0 Å². The van der Waals surface area contributed by atoms with E-state index in [0.717, 1.165) is 24.8 Å². The second kappa shape index (κ2) is 7.08. The van der Waals surface area contributed by atoms with Crippen molar-refractivity contribution < 1.29 is 9.59 Å². The van der Waals surface area contributed by atoms with Gasteiger partial charge in [-0.25, -0.2) is 0 Å². The zero-order valence-electron chi connectivity index (χ0n) is 11.9. The van der Waals surface area contributed by atoms with Gasteiger partial charge in [-0.3, -0.25) is 9.59 Å². The monoisotopic (exact) mass is 274 g/mol. The van der Waals surface area contributed by atoms with Gasteiger partial charge < -0.3 is 10.6 Å². The van der Waals surface area contributed by atoms with E-state index in [1.165, 1.54) is 6.42 Å². The third kappa shape index (κ3) is 4.08. The maximum atomic E-state index is 11.9. The van der Waals surface area contributed by atoms with Crippen molar-refractivity contribution in [3.8, 4) is 0 Å². The van der Waals surface area contributed by atoms with Crippen LogP contribution in [0, 0.1) is 5.92 Å². The molecule has 0 spiro atoms. The van der Waals surface area contributed by atoms with E-state index in [9.17, 15) is 9.59 Å². The van der Waals surface area contributed by atoms with Gasteiger partial charge in [0.2, 0.25) is 0 Å². The van der Waals surface area contributed by atoms with Gasteiger partial charge in [0.05, 0.1) is 0 Å². The van der Waals surface area contributed by atoms with Crippen LogP contribution >= 0.6 is 0 Å². The van der Waals surface area contributed by atoms with E-state index in [-0.39, 0.29) is 6.04 Å². The first-order chi connectivity index (χ1) is 9.66. The minimum atomic E-state index is -0.549. The van der Waals surface area contributed by atoms with Crippen LogP contribution in [0.1, 0.15) is 38.2 Å². The first-order valence-electron chi connectivity index (χ1n) is 7.29. The Balaban J connectivity index is 1.78. The van der Waals surface area contributed by atoms with Crippen LogP contribution in [-0.2, 0) is 16.1 Å². The number of benzene rings is 1. The van der Waals surface area contributed by atoms with Crippen molar-refractivity contribution in [2.75, 3.05) is 0 Å². The quantitative estimate of drug-likeness (QED) is 0.828. The Kier molecular flexibility index (Phi) is 5.16. The maximum absolute atomic E-state index is 11.9. The minimum Gasteiger partial charge on any atom is -0.345 e. The standard InChI is InChI=1S/C16H22N2O2/c1-12-7-5-6-10-14(12)18-16(20)15(19)17-11-13-8-3-2-4-9-13/h2-4,8-9,12,14H,5-7,10-11H2,1H3,(H,17,19)(H,18,20). The second-order valence-corrected chi connectivity index (χ2v) is 5.51. The molecule has 4 heteroatoms. The molecule has 2 amide bonds. The Hall–Kier alpha value is -1.84. The Morgan fingerprint density at radius 1 is 1.10 bits per heavy atom. The molecule has 4 nitrogen and oxygen atoms in total. The molecule has 1 aliphatic rings. The molecule has 1 saturated carbocycles. The van der Waals surface area contributed by atoms with E-state index >= 15 is 0 Å². The SMILES string of the molecule is CC1CCCCC1NC(=O)C(=O)NCc1ccccc1. The van der Waals surface area contributed by atoms with Crippen molar-refractivity contribution in [2.45, 2.75) is 45.2 Å². The summed E-state index contributed by atoms with van der Waals surface area (Å²) in [6.07, 6.45) is 4.43. The lowest BCUT2D eigenvalue weighted by molar-refractivity contribution is -0.140. The Morgan fingerprint density at radius 3 is 2.50 bits per heavy atom. The third-order valence-corrected chi connectivity index (χ3v) is 3.93. The van der Waals surface area contributed by atoms with Crippen LogP contribution in [0.15, 0.2) is 30.3 Å². The molecular weight excluding hydrogens is 252 g/mol. The number of hydrogen-bond donors (Lipinski definition) is 2. The molecular formula is C16H22N2O2. The number of rotatable bonds is 3. The lowest BCUT2D eigenvalue weighted by Gasteiger charge is -2.29. The summed E-state index contributed by atoms with van der Waals surface area (Å²) in [5, 5.41) is 5.51. The maximum Gasteiger partial charge on any atom is 0.309 e. The van der Waals surface area contributed by atoms with Gasteiger partial charge in [0, 0.05) is 12.6 Å². The highest BCUT2D eigenvalue weighted by Gasteiger charge is 2.25. The fraction of sp³-hybridized carbons (Fsp3) is 0.500. The zero-order chi connectivity index (χ0) is 14.4. The van der Waals surface area contributed by atoms with Crippen molar-refractivity contribution in [2.24, 2.45) is 5.92 Å². The molecule has 2 N–H and O–H groups in total. The largest absolute Gasteiger partial charge is 0.345 e. The van der Waals surface area contributed by atoms with Crippen LogP contribution in [0.4, 0.5) is 0 Å². The molecule has 2 atom stereocenters. The Morgan fingerprint density at radius 2 is 1.80 bits per heavy atom. The van der Waals surface area contributed by atoms with E-state index in [1.807, 2.05) is 30.3 Å². The summed E-state index contributed by atoms with van der Waals surface area (Å²) in [6.45, 7) is 2.51. The molecule has 20 heavy (non-hydrogen) atoms. The predicted molar refractivity (Wildman–Crippen MR) is 77.9 cm³/mol. The highest BCUT2D eigenvalue weighted by molar-refractivity contribution is 6.35. The Labute approximate surface area is 119 Å². The van der Waals surface area contributed by atoms with Gasteiger partial charge in [-0.15, -0.1) is 0 Å². The summed E-state index contributed by atoms with van der Waals surface area (Å²) in [5.41, 5.74) is 0.986. The van der Waals surface area contributed by atoms with Crippen LogP contribution in [0.3, 0.4) is 0 Å². The average Bonchev–Trinajstić information content (AvgIpc) is 2.48. The molecule has 1 aromatic rings. The topological polar surface area (TPSA) is 58.2 Å². The molecule has 0 aliphatic heterocycles. The fourth-order valence-corrected chi connectivity index (χ4v) is 2.62. The van der Waals surface area contributed by atoms with Crippen LogP contribution < -0.4 is 10.6 Å². The van der Waals surface area contributed by atoms with Gasteiger partial charge >= 0.3 is 11.8 Å². The highest BCUT2D eigenvalue weighted by Crippen LogP contribution is 2.23. The zero-order valence-corrected chi connectivity index (χ0v) is 11.9. The third-order valence-electron chi connectivity index (χ3n) is 3.93. The van der Waals surface area contributed by atoms with Gasteiger partial charge in [0.1, 0.15) is 0 Å². The summed E-state index contributed by atoms with van der Waals surface area (Å²) < 4.78 is 0. The van der Waals surface area contributed by atoms with E-state index in [1.54, 1.807) is 0 Å². The lowest BCUT2D eigenvalue weighted by Crippen LogP contribution is -2.47. The summed E-state index contributed by atoms with van der Waals surface area (Å²) in [5.74, 6) is -0.610. The second-order valence-electron chi connectivity index (χ2n) is 5.51. The van der Waals surface area contributed by atoms with Crippen molar-refractivity contribution in [3.63, 3.8) is 0 Å². The molecule has 1 aliphatic carbocycles. The number of amides is 2. The smallest absolute Gasteiger partial charge is 0.309 e. The van der Waals surface area contributed by atoms with Gasteiger partial charge in [0.25, 0.3) is 0 Å². The molecule has 2 unspecified atom stereocenters. The van der Waals surface area contributed by atoms with Gasteiger partial charge in [0.15, 0.2) is 0 Å². The molecule has 0 aromatic heterocycles. The first-order valence-corrected chi connectivity index (χ1v) is 7.29. The van der Waals surface area contributed by atoms with Crippen molar-refractivity contribution >= 4 is 11.8 Å². The molecule has 1 aromatic carbocycles. The summed E-state index contributed by atoms with van der Waals surface area (Å²) in [6, 6.07) is 9.71. The number of carbonyl (C=O) groups excluding carboxylic acids is 2. The molecule has 0 heterocycles. The first kappa shape index (κ1) is 14.6. The van der Waals surface area contributed by atoms with E-state index in [0.29, 0.717) is 12.5 Å². The molecule has 0 saturated heterocycles. The van der Waals surface area contributed by atoms with E-state index in [2.05, 4.69) is 17.6 Å². The van der Waals surface area contributed by atoms with Gasteiger partial charge in [-0.2, -0.15) is 0 Å². The number of nitrogens with one attached hydrogen (secondary N) is 2. The predicted octanol–water partition coefficient (Wildman–Crippen LogP) is 2.00. The van der Waals surface area contributed by atoms with Crippen LogP contribution in [0.2, 0.25) is 0 Å². The van der Waals surface area contributed by atoms with Crippen molar-refractivity contribution in [1.29, 1.82) is 0 Å². The molecule has 108 valence electrons. The van der Waals surface area contributed by atoms with Crippen molar-refractivity contribution in [3.05, 3.63) is 35.9 Å². The van der Waals surface area contributed by atoms with E-state index < -0.39 is 11.8 Å². The fourth-order valence-electron chi connectivity index (χ4n) is 2.62. The average molecular weight is 274 g/mol. The number of hydrogen-bond acceptors (Lipinski definition) is 2. The molecule has 0 bridgehead atoms. The van der Waals surface area contributed by atoms with Crippen molar-refractivity contribution in [1.82, 2.24) is 10.6 Å². The Bertz CT molecular complexity index is 459. The number of carbonyl (C=O) groups is 2. The minimum absolute atomic E-state index is 0.138. The van der Waals surface area contributed by atoms with Crippen LogP contribution in [-0.4, -0.2) is 17.9 Å². The van der Waals surface area contributed by atoms with E-state index in [4.69, 9.17) is 0 Å². The summed E-state index contributed by atoms with van der Waals surface area (Å²) in [4.78, 5) is 23.6. The summed E-state index contributed by atoms with van der Waals surface area (Å²) >= 11 is 0. The molecule has 1 fully saturated rings. The summed E-state index contributed by atoms with van der Waals surface area (Å²) in [7, 11) is 0. The van der Waals surface area contributed by atoms with Gasteiger partial charge in [-0.1, -0.05) is 50.1 Å². The highest BCUT2D eigenvalue weighted by atomic mass is 16.2. The lowest BCUT2D eigenvalue weighted by atomic mass is 9.86. The molecule has 0 radical (unpaired) electrons. The normalized spacial score (nSPS) is 22.1. The van der Waals surface area contributed by atoms with Crippen LogP contribution in [0.25, 0.3) is 0 Å². The molecule has 2 rings (SSSR count). The van der Waals surface area contributed by atoms with Gasteiger partial charge in [-0.05, 0) is 24.3 Å².